The van der Waals surface area contributed by atoms with Crippen molar-refractivity contribution in [1.82, 2.24) is 0 Å². The summed E-state index contributed by atoms with van der Waals surface area (Å²) in [5.41, 5.74) is 4.78. The van der Waals surface area contributed by atoms with Crippen molar-refractivity contribution >= 4 is 0 Å². The van der Waals surface area contributed by atoms with Gasteiger partial charge in [0.1, 0.15) is 5.54 Å². The lowest BCUT2D eigenvalue weighted by Gasteiger charge is -2.31. The van der Waals surface area contributed by atoms with Gasteiger partial charge in [0, 0.05) is 0 Å². The van der Waals surface area contributed by atoms with E-state index in [2.05, 4.69) is 6.07 Å². The monoisotopic (exact) mass is 126 g/mol. The second kappa shape index (κ2) is 2.00. The van der Waals surface area contributed by atoms with Gasteiger partial charge in [0.25, 0.3) is 0 Å². The van der Waals surface area contributed by atoms with Crippen LogP contribution in [0.3, 0.4) is 0 Å². The van der Waals surface area contributed by atoms with Crippen LogP contribution in [0.5, 0.6) is 0 Å². The molecule has 0 aromatic heterocycles. The predicted molar refractivity (Wildman–Crippen MR) is 37.7 cm³/mol. The van der Waals surface area contributed by atoms with Gasteiger partial charge in [-0.3, -0.25) is 0 Å². The third kappa shape index (κ3) is 1.69. The van der Waals surface area contributed by atoms with Crippen molar-refractivity contribution in [2.24, 2.45) is 11.1 Å². The minimum absolute atomic E-state index is 0.137. The molecule has 0 aliphatic heterocycles. The van der Waals surface area contributed by atoms with Gasteiger partial charge in [-0.05, 0) is 12.3 Å². The number of nitrogens with two attached hydrogens (primary N) is 1. The van der Waals surface area contributed by atoms with Crippen molar-refractivity contribution in [2.75, 3.05) is 0 Å². The molecule has 0 spiro atoms. The Hall–Kier alpha value is -0.550. The Morgan fingerprint density at radius 2 is 1.56 bits per heavy atom. The lowest BCUT2D eigenvalue weighted by atomic mass is 9.77. The Kier molecular flexibility index (Phi) is 1.88. The number of nitriles is 1. The van der Waals surface area contributed by atoms with Gasteiger partial charge in [-0.25, -0.2) is 0 Å². The highest BCUT2D eigenvalue weighted by molar-refractivity contribution is 5.08. The Morgan fingerprint density at radius 1 is 1.22 bits per heavy atom. The molecule has 0 aliphatic rings. The van der Waals surface area contributed by atoms with Crippen LogP contribution >= 0.6 is 0 Å². The molecule has 52 valence electrons. The van der Waals surface area contributed by atoms with Gasteiger partial charge in [0.15, 0.2) is 0 Å². The van der Waals surface area contributed by atoms with Gasteiger partial charge in [0.05, 0.1) is 6.07 Å². The average Bonchev–Trinajstić information content (AvgIpc) is 1.64. The first-order valence-corrected chi connectivity index (χ1v) is 3.01. The lowest BCUT2D eigenvalue weighted by Crippen LogP contribution is -2.47. The Labute approximate surface area is 56.7 Å². The van der Waals surface area contributed by atoms with Gasteiger partial charge in [-0.15, -0.1) is 0 Å². The number of nitrogens with zero attached hydrogens (tertiary/aromatic N) is 1. The molecule has 0 bridgehead atoms. The van der Waals surface area contributed by atoms with Crippen molar-refractivity contribution in [2.45, 2.75) is 33.2 Å². The Balaban J connectivity index is 4.39. The Bertz CT molecular complexity index is 134. The summed E-state index contributed by atoms with van der Waals surface area (Å²) >= 11 is 0. The highest BCUT2D eigenvalue weighted by atomic mass is 14.8. The summed E-state index contributed by atoms with van der Waals surface area (Å²) in [6.07, 6.45) is 0. The SMILES string of the molecule is CC(C)(C)C(C)(N)C#N. The van der Waals surface area contributed by atoms with Crippen LogP contribution in [0.4, 0.5) is 0 Å². The van der Waals surface area contributed by atoms with Crippen LogP contribution in [0.2, 0.25) is 0 Å². The third-order valence-electron chi connectivity index (χ3n) is 1.79. The quantitative estimate of drug-likeness (QED) is 0.531. The van der Waals surface area contributed by atoms with Crippen molar-refractivity contribution in [3.8, 4) is 6.07 Å². The van der Waals surface area contributed by atoms with Crippen molar-refractivity contribution < 1.29 is 0 Å². The molecule has 0 saturated carbocycles. The molecule has 9 heavy (non-hydrogen) atoms. The van der Waals surface area contributed by atoms with E-state index in [0.717, 1.165) is 0 Å². The summed E-state index contributed by atoms with van der Waals surface area (Å²) in [4.78, 5) is 0. The maximum atomic E-state index is 8.55. The van der Waals surface area contributed by atoms with E-state index in [9.17, 15) is 0 Å². The second-order valence-electron chi connectivity index (χ2n) is 3.56. The molecule has 2 N–H and O–H groups in total. The maximum Gasteiger partial charge on any atom is 0.106 e. The molecule has 0 aliphatic carbocycles. The molecule has 0 saturated heterocycles. The van der Waals surface area contributed by atoms with Crippen LogP contribution < -0.4 is 5.73 Å². The van der Waals surface area contributed by atoms with E-state index >= 15 is 0 Å². The summed E-state index contributed by atoms with van der Waals surface area (Å²) in [6.45, 7) is 7.61. The van der Waals surface area contributed by atoms with Gasteiger partial charge in [0.2, 0.25) is 0 Å². The van der Waals surface area contributed by atoms with E-state index in [-0.39, 0.29) is 5.41 Å². The number of hydrogen-bond acceptors (Lipinski definition) is 2. The highest BCUT2D eigenvalue weighted by Crippen LogP contribution is 2.26. The highest BCUT2D eigenvalue weighted by Gasteiger charge is 2.33. The summed E-state index contributed by atoms with van der Waals surface area (Å²) in [5, 5.41) is 8.55. The summed E-state index contributed by atoms with van der Waals surface area (Å²) in [6, 6.07) is 2.06. The summed E-state index contributed by atoms with van der Waals surface area (Å²) in [5.74, 6) is 0. The molecule has 0 radical (unpaired) electrons. The standard InChI is InChI=1S/C7H14N2/c1-6(2,3)7(4,9)5-8/h9H2,1-4H3. The lowest BCUT2D eigenvalue weighted by molar-refractivity contribution is 0.270. The fourth-order valence-corrected chi connectivity index (χ4v) is 0.168. The third-order valence-corrected chi connectivity index (χ3v) is 1.79. The topological polar surface area (TPSA) is 49.8 Å². The molecule has 0 fully saturated rings. The van der Waals surface area contributed by atoms with E-state index in [1.54, 1.807) is 6.92 Å². The molecule has 0 heterocycles. The first-order valence-electron chi connectivity index (χ1n) is 3.01. The zero-order valence-electron chi connectivity index (χ0n) is 6.52. The molecule has 0 amide bonds. The predicted octanol–water partition coefficient (Wildman–Crippen LogP) is 1.27. The minimum Gasteiger partial charge on any atom is -0.313 e. The van der Waals surface area contributed by atoms with Gasteiger partial charge >= 0.3 is 0 Å². The molecule has 0 aromatic carbocycles. The molecular formula is C7H14N2. The van der Waals surface area contributed by atoms with E-state index < -0.39 is 5.54 Å². The fraction of sp³-hybridized carbons (Fsp3) is 0.857. The normalized spacial score (nSPS) is 18.2. The number of hydrogen-bond donors (Lipinski definition) is 1. The van der Waals surface area contributed by atoms with Crippen LogP contribution in [0.15, 0.2) is 0 Å². The van der Waals surface area contributed by atoms with Crippen molar-refractivity contribution in [3.05, 3.63) is 0 Å². The fourth-order valence-electron chi connectivity index (χ4n) is 0.168. The molecular weight excluding hydrogens is 112 g/mol. The zero-order valence-corrected chi connectivity index (χ0v) is 6.52. The smallest absolute Gasteiger partial charge is 0.106 e. The molecule has 1 atom stereocenters. The van der Waals surface area contributed by atoms with Gasteiger partial charge in [-0.1, -0.05) is 20.8 Å². The first kappa shape index (κ1) is 8.45. The average molecular weight is 126 g/mol. The van der Waals surface area contributed by atoms with Crippen LogP contribution in [0.25, 0.3) is 0 Å². The minimum atomic E-state index is -0.715. The van der Waals surface area contributed by atoms with E-state index in [1.807, 2.05) is 20.8 Å². The van der Waals surface area contributed by atoms with Crippen molar-refractivity contribution in [3.63, 3.8) is 0 Å². The molecule has 2 heteroatoms. The van der Waals surface area contributed by atoms with Crippen molar-refractivity contribution in [1.29, 1.82) is 5.26 Å². The molecule has 1 unspecified atom stereocenters. The van der Waals surface area contributed by atoms with Gasteiger partial charge < -0.3 is 5.73 Å². The van der Waals surface area contributed by atoms with E-state index in [1.165, 1.54) is 0 Å². The van der Waals surface area contributed by atoms with Crippen LogP contribution in [-0.4, -0.2) is 5.54 Å². The van der Waals surface area contributed by atoms with Crippen LogP contribution in [-0.2, 0) is 0 Å². The summed E-state index contributed by atoms with van der Waals surface area (Å²) < 4.78 is 0. The summed E-state index contributed by atoms with van der Waals surface area (Å²) in [7, 11) is 0. The number of rotatable bonds is 0. The second-order valence-corrected chi connectivity index (χ2v) is 3.56. The van der Waals surface area contributed by atoms with E-state index in [4.69, 9.17) is 11.0 Å². The van der Waals surface area contributed by atoms with Gasteiger partial charge in [-0.2, -0.15) is 5.26 Å². The Morgan fingerprint density at radius 3 is 1.56 bits per heavy atom. The zero-order chi connectivity index (χ0) is 7.71. The first-order chi connectivity index (χ1) is 3.81. The van der Waals surface area contributed by atoms with Crippen LogP contribution in [0.1, 0.15) is 27.7 Å². The molecule has 2 nitrogen and oxygen atoms in total. The van der Waals surface area contributed by atoms with Crippen LogP contribution in [0, 0.1) is 16.7 Å². The van der Waals surface area contributed by atoms with E-state index in [0.29, 0.717) is 0 Å². The maximum absolute atomic E-state index is 8.55. The largest absolute Gasteiger partial charge is 0.313 e. The molecule has 0 rings (SSSR count). The molecule has 0 aromatic rings.